The number of hydrogen-bond acceptors (Lipinski definition) is 5. The smallest absolute Gasteiger partial charge is 0.194 e. The van der Waals surface area contributed by atoms with Crippen molar-refractivity contribution in [2.24, 2.45) is 0 Å². The first kappa shape index (κ1) is 26.8. The molecule has 1 aliphatic heterocycles. The lowest BCUT2D eigenvalue weighted by Crippen LogP contribution is -2.36. The highest BCUT2D eigenvalue weighted by atomic mass is 19.1. The highest BCUT2D eigenvalue weighted by Gasteiger charge is 2.26. The highest BCUT2D eigenvalue weighted by molar-refractivity contribution is 5.93. The number of benzene rings is 3. The molecule has 0 unspecified atom stereocenters. The predicted molar refractivity (Wildman–Crippen MR) is 148 cm³/mol. The van der Waals surface area contributed by atoms with Crippen molar-refractivity contribution in [2.45, 2.75) is 32.6 Å². The Morgan fingerprint density at radius 2 is 1.72 bits per heavy atom. The van der Waals surface area contributed by atoms with Gasteiger partial charge in [-0.05, 0) is 75.5 Å². The minimum atomic E-state index is -1.09. The lowest BCUT2D eigenvalue weighted by molar-refractivity contribution is 0.168. The van der Waals surface area contributed by atoms with E-state index in [2.05, 4.69) is 27.3 Å². The number of aromatic nitrogens is 1. The Hall–Kier alpha value is -3.78. The highest BCUT2D eigenvalue weighted by Crippen LogP contribution is 2.37. The molecule has 0 radical (unpaired) electrons. The van der Waals surface area contributed by atoms with E-state index >= 15 is 8.78 Å². The van der Waals surface area contributed by atoms with Crippen LogP contribution in [0.25, 0.3) is 10.9 Å². The zero-order valence-corrected chi connectivity index (χ0v) is 22.4. The molecule has 204 valence electrons. The van der Waals surface area contributed by atoms with Crippen LogP contribution in [0.4, 0.5) is 24.5 Å². The van der Waals surface area contributed by atoms with Gasteiger partial charge in [0.2, 0.25) is 0 Å². The second-order valence-electron chi connectivity index (χ2n) is 9.97. The van der Waals surface area contributed by atoms with Crippen LogP contribution in [-0.2, 0) is 0 Å². The normalized spacial score (nSPS) is 14.5. The van der Waals surface area contributed by atoms with Crippen LogP contribution < -0.4 is 14.8 Å². The number of ether oxygens (including phenoxy) is 2. The van der Waals surface area contributed by atoms with E-state index < -0.39 is 28.9 Å². The van der Waals surface area contributed by atoms with Gasteiger partial charge in [-0.2, -0.15) is 0 Å². The van der Waals surface area contributed by atoms with Gasteiger partial charge >= 0.3 is 0 Å². The molecular weight excluding hydrogens is 503 g/mol. The molecule has 1 aliphatic rings. The molecule has 1 fully saturated rings. The monoisotopic (exact) mass is 535 g/mol. The summed E-state index contributed by atoms with van der Waals surface area (Å²) < 4.78 is 56.5. The molecule has 5 nitrogen and oxygen atoms in total. The molecule has 0 saturated carbocycles. The Morgan fingerprint density at radius 1 is 0.949 bits per heavy atom. The number of hydrogen-bond donors (Lipinski definition) is 1. The Labute approximate surface area is 226 Å². The first-order chi connectivity index (χ1) is 18.9. The maximum absolute atomic E-state index is 15.5. The summed E-state index contributed by atoms with van der Waals surface area (Å²) in [5, 5.41) is 3.54. The predicted octanol–water partition coefficient (Wildman–Crippen LogP) is 7.28. The van der Waals surface area contributed by atoms with E-state index in [1.807, 2.05) is 36.4 Å². The maximum atomic E-state index is 15.5. The van der Waals surface area contributed by atoms with Crippen LogP contribution >= 0.6 is 0 Å². The molecule has 2 heterocycles. The average molecular weight is 536 g/mol. The largest absolute Gasteiger partial charge is 0.497 e. The van der Waals surface area contributed by atoms with Gasteiger partial charge in [0.05, 0.1) is 12.6 Å². The third-order valence-corrected chi connectivity index (χ3v) is 7.41. The second kappa shape index (κ2) is 11.5. The van der Waals surface area contributed by atoms with E-state index in [0.717, 1.165) is 31.7 Å². The van der Waals surface area contributed by atoms with E-state index in [1.165, 1.54) is 12.5 Å². The number of methoxy groups -OCH3 is 1. The SMILES string of the molecule is COc1cccc(C2CCN(CCOc3c(F)c(C)c(F)c(Nc4cc(C)nc5ccccc45)c3F)CC2)c1. The molecule has 0 aliphatic carbocycles. The molecular formula is C31H32F3N3O2. The fourth-order valence-corrected chi connectivity index (χ4v) is 5.20. The van der Waals surface area contributed by atoms with Crippen molar-refractivity contribution in [1.29, 1.82) is 0 Å². The molecule has 4 aromatic rings. The molecule has 0 atom stereocenters. The number of para-hydroxylation sites is 1. The van der Waals surface area contributed by atoms with Crippen LogP contribution in [0, 0.1) is 31.3 Å². The summed E-state index contributed by atoms with van der Waals surface area (Å²) in [7, 11) is 1.66. The van der Waals surface area contributed by atoms with Gasteiger partial charge < -0.3 is 14.8 Å². The van der Waals surface area contributed by atoms with Crippen molar-refractivity contribution in [3.8, 4) is 11.5 Å². The van der Waals surface area contributed by atoms with Gasteiger partial charge in [-0.1, -0.05) is 30.3 Å². The summed E-state index contributed by atoms with van der Waals surface area (Å²) >= 11 is 0. The summed E-state index contributed by atoms with van der Waals surface area (Å²) in [4.78, 5) is 6.68. The summed E-state index contributed by atoms with van der Waals surface area (Å²) in [6, 6.07) is 17.1. The first-order valence-electron chi connectivity index (χ1n) is 13.1. The van der Waals surface area contributed by atoms with Crippen molar-refractivity contribution < 1.29 is 22.6 Å². The van der Waals surface area contributed by atoms with Crippen molar-refractivity contribution in [3.05, 3.63) is 88.9 Å². The minimum Gasteiger partial charge on any atom is -0.497 e. The van der Waals surface area contributed by atoms with Crippen molar-refractivity contribution in [3.63, 3.8) is 0 Å². The molecule has 1 N–H and O–H groups in total. The first-order valence-corrected chi connectivity index (χ1v) is 13.1. The Morgan fingerprint density at radius 3 is 2.49 bits per heavy atom. The maximum Gasteiger partial charge on any atom is 0.194 e. The summed E-state index contributed by atoms with van der Waals surface area (Å²) in [6.07, 6.45) is 1.94. The number of anilines is 2. The summed E-state index contributed by atoms with van der Waals surface area (Å²) in [5.41, 5.74) is 2.36. The molecule has 5 rings (SSSR count). The number of nitrogens with one attached hydrogen (secondary N) is 1. The standard InChI is InChI=1S/C31H32F3N3O2/c1-19-17-26(24-9-4-5-10-25(24)35-19)36-30-27(32)20(2)28(33)31(29(30)34)39-16-15-37-13-11-21(12-14-37)22-7-6-8-23(18-22)38-3/h4-10,17-18,21H,11-16H2,1-3H3,(H,35,36). The fraction of sp³-hybridized carbons (Fsp3) is 0.323. The van der Waals surface area contributed by atoms with Gasteiger partial charge in [-0.3, -0.25) is 9.88 Å². The number of nitrogens with zero attached hydrogens (tertiary/aromatic N) is 2. The molecule has 0 spiro atoms. The van der Waals surface area contributed by atoms with Gasteiger partial charge in [0.1, 0.15) is 18.0 Å². The van der Waals surface area contributed by atoms with Crippen LogP contribution in [0.5, 0.6) is 11.5 Å². The molecule has 1 aromatic heterocycles. The molecule has 3 aromatic carbocycles. The van der Waals surface area contributed by atoms with Gasteiger partial charge in [0, 0.05) is 28.9 Å². The van der Waals surface area contributed by atoms with Gasteiger partial charge in [0.25, 0.3) is 0 Å². The fourth-order valence-electron chi connectivity index (χ4n) is 5.20. The topological polar surface area (TPSA) is 46.6 Å². The number of halogens is 3. The van der Waals surface area contributed by atoms with E-state index in [9.17, 15) is 4.39 Å². The molecule has 1 saturated heterocycles. The van der Waals surface area contributed by atoms with Gasteiger partial charge in [-0.25, -0.2) is 13.2 Å². The number of likely N-dealkylation sites (tertiary alicyclic amines) is 1. The number of piperidine rings is 1. The van der Waals surface area contributed by atoms with Crippen LogP contribution in [0.1, 0.15) is 35.6 Å². The van der Waals surface area contributed by atoms with Crippen molar-refractivity contribution in [1.82, 2.24) is 9.88 Å². The number of pyridine rings is 1. The summed E-state index contributed by atoms with van der Waals surface area (Å²) in [6.45, 7) is 5.37. The number of fused-ring (bicyclic) bond motifs is 1. The van der Waals surface area contributed by atoms with E-state index in [4.69, 9.17) is 9.47 Å². The lowest BCUT2D eigenvalue weighted by atomic mass is 9.89. The molecule has 8 heteroatoms. The zero-order valence-electron chi connectivity index (χ0n) is 22.4. The Kier molecular flexibility index (Phi) is 7.93. The average Bonchev–Trinajstić information content (AvgIpc) is 2.96. The van der Waals surface area contributed by atoms with Gasteiger partial charge in [-0.15, -0.1) is 0 Å². The molecule has 0 amide bonds. The number of aryl methyl sites for hydroxylation is 1. The molecule has 0 bridgehead atoms. The molecule has 39 heavy (non-hydrogen) atoms. The quantitative estimate of drug-likeness (QED) is 0.257. The van der Waals surface area contributed by atoms with E-state index in [-0.39, 0.29) is 12.2 Å². The third kappa shape index (κ3) is 5.66. The van der Waals surface area contributed by atoms with E-state index in [1.54, 1.807) is 20.1 Å². The second-order valence-corrected chi connectivity index (χ2v) is 9.97. The van der Waals surface area contributed by atoms with Crippen molar-refractivity contribution in [2.75, 3.05) is 38.7 Å². The zero-order chi connectivity index (χ0) is 27.5. The van der Waals surface area contributed by atoms with Crippen LogP contribution in [0.3, 0.4) is 0 Å². The lowest BCUT2D eigenvalue weighted by Gasteiger charge is -2.32. The van der Waals surface area contributed by atoms with Gasteiger partial charge in [0.15, 0.2) is 23.2 Å². The Balaban J connectivity index is 1.27. The number of rotatable bonds is 8. The van der Waals surface area contributed by atoms with Crippen molar-refractivity contribution >= 4 is 22.3 Å². The summed E-state index contributed by atoms with van der Waals surface area (Å²) in [5.74, 6) is -2.39. The van der Waals surface area contributed by atoms with Crippen LogP contribution in [0.15, 0.2) is 54.6 Å². The van der Waals surface area contributed by atoms with E-state index in [0.29, 0.717) is 34.7 Å². The Bertz CT molecular complexity index is 1490. The third-order valence-electron chi connectivity index (χ3n) is 7.41. The van der Waals surface area contributed by atoms with Crippen LogP contribution in [-0.4, -0.2) is 43.2 Å². The minimum absolute atomic E-state index is 0.0828. The van der Waals surface area contributed by atoms with Crippen LogP contribution in [0.2, 0.25) is 0 Å².